The number of imidazole rings is 1. The van der Waals surface area contributed by atoms with Crippen LogP contribution in [0.1, 0.15) is 6.23 Å². The number of aliphatic hydroxyl groups is 3. The fourth-order valence-corrected chi connectivity index (χ4v) is 3.13. The van der Waals surface area contributed by atoms with E-state index >= 15 is 0 Å². The Labute approximate surface area is 159 Å². The van der Waals surface area contributed by atoms with Gasteiger partial charge in [0.2, 0.25) is 5.95 Å². The van der Waals surface area contributed by atoms with Crippen LogP contribution in [0.2, 0.25) is 0 Å². The van der Waals surface area contributed by atoms with E-state index in [1.807, 2.05) is 12.1 Å². The lowest BCUT2D eigenvalue weighted by Crippen LogP contribution is -2.33. The van der Waals surface area contributed by atoms with Gasteiger partial charge in [-0.05, 0) is 24.3 Å². The zero-order chi connectivity index (χ0) is 19.8. The number of nitrogens with zero attached hydrogens (tertiary/aromatic N) is 4. The summed E-state index contributed by atoms with van der Waals surface area (Å²) < 4.78 is 12.1. The highest BCUT2D eigenvalue weighted by Gasteiger charge is 2.44. The van der Waals surface area contributed by atoms with Crippen LogP contribution >= 0.6 is 0 Å². The molecule has 0 spiro atoms. The molecule has 1 aliphatic rings. The largest absolute Gasteiger partial charge is 0.497 e. The van der Waals surface area contributed by atoms with E-state index in [-0.39, 0.29) is 5.95 Å². The molecule has 3 heterocycles. The molecule has 4 rings (SSSR count). The van der Waals surface area contributed by atoms with Gasteiger partial charge in [0.05, 0.1) is 20.0 Å². The summed E-state index contributed by atoms with van der Waals surface area (Å²) in [6, 6.07) is 7.21. The number of nitrogen functional groups attached to an aromatic ring is 1. The van der Waals surface area contributed by atoms with Gasteiger partial charge in [0.15, 0.2) is 23.2 Å². The van der Waals surface area contributed by atoms with Gasteiger partial charge < -0.3 is 35.8 Å². The van der Waals surface area contributed by atoms with Crippen molar-refractivity contribution in [3.8, 4) is 5.75 Å². The topological polar surface area (TPSA) is 161 Å². The summed E-state index contributed by atoms with van der Waals surface area (Å²) >= 11 is 0. The Kier molecular flexibility index (Phi) is 4.73. The molecule has 0 unspecified atom stereocenters. The molecule has 1 aliphatic heterocycles. The first-order valence-corrected chi connectivity index (χ1v) is 8.55. The Bertz CT molecular complexity index is 978. The van der Waals surface area contributed by atoms with Crippen LogP contribution in [-0.2, 0) is 4.74 Å². The molecule has 6 N–H and O–H groups in total. The monoisotopic (exact) mass is 388 g/mol. The van der Waals surface area contributed by atoms with Gasteiger partial charge in [-0.15, -0.1) is 0 Å². The molecule has 0 radical (unpaired) electrons. The molecule has 2 aromatic heterocycles. The molecule has 3 aromatic rings. The van der Waals surface area contributed by atoms with Gasteiger partial charge in [-0.2, -0.15) is 9.97 Å². The summed E-state index contributed by atoms with van der Waals surface area (Å²) in [6.07, 6.45) is -2.96. The van der Waals surface area contributed by atoms with Gasteiger partial charge in [0.25, 0.3) is 0 Å². The van der Waals surface area contributed by atoms with Gasteiger partial charge in [-0.3, -0.25) is 4.57 Å². The van der Waals surface area contributed by atoms with E-state index in [2.05, 4.69) is 20.3 Å². The molecular weight excluding hydrogens is 368 g/mol. The molecular formula is C17H20N6O5. The fraction of sp³-hybridized carbons (Fsp3) is 0.353. The van der Waals surface area contributed by atoms with E-state index in [0.29, 0.717) is 22.7 Å². The molecule has 1 aromatic carbocycles. The molecule has 11 heteroatoms. The van der Waals surface area contributed by atoms with Crippen molar-refractivity contribution in [3.05, 3.63) is 30.6 Å². The predicted octanol–water partition coefficient (Wildman–Crippen LogP) is -0.228. The maximum absolute atomic E-state index is 10.3. The van der Waals surface area contributed by atoms with Gasteiger partial charge in [-0.25, -0.2) is 4.98 Å². The summed E-state index contributed by atoms with van der Waals surface area (Å²) in [6.45, 7) is -0.428. The second-order valence-electron chi connectivity index (χ2n) is 6.34. The highest BCUT2D eigenvalue weighted by molar-refractivity contribution is 5.86. The first-order chi connectivity index (χ1) is 13.5. The van der Waals surface area contributed by atoms with Crippen molar-refractivity contribution in [2.24, 2.45) is 0 Å². The Hall–Kier alpha value is -2.99. The predicted molar refractivity (Wildman–Crippen MR) is 99.0 cm³/mol. The minimum atomic E-state index is -1.26. The van der Waals surface area contributed by atoms with Gasteiger partial charge in [0.1, 0.15) is 24.1 Å². The van der Waals surface area contributed by atoms with E-state index in [0.717, 1.165) is 5.69 Å². The van der Waals surface area contributed by atoms with E-state index in [4.69, 9.17) is 15.2 Å². The van der Waals surface area contributed by atoms with Crippen LogP contribution in [0.4, 0.5) is 17.5 Å². The molecule has 28 heavy (non-hydrogen) atoms. The Balaban J connectivity index is 1.70. The van der Waals surface area contributed by atoms with E-state index in [1.165, 1.54) is 10.9 Å². The fourth-order valence-electron chi connectivity index (χ4n) is 3.13. The van der Waals surface area contributed by atoms with Crippen molar-refractivity contribution in [1.82, 2.24) is 19.5 Å². The number of fused-ring (bicyclic) bond motifs is 1. The smallest absolute Gasteiger partial charge is 0.224 e. The van der Waals surface area contributed by atoms with Crippen LogP contribution in [-0.4, -0.2) is 66.9 Å². The highest BCUT2D eigenvalue weighted by Crippen LogP contribution is 2.33. The number of nitrogens with one attached hydrogen (secondary N) is 1. The zero-order valence-corrected chi connectivity index (χ0v) is 14.9. The van der Waals surface area contributed by atoms with Crippen molar-refractivity contribution in [1.29, 1.82) is 0 Å². The number of anilines is 3. The van der Waals surface area contributed by atoms with Gasteiger partial charge in [0, 0.05) is 5.69 Å². The average Bonchev–Trinajstić information content (AvgIpc) is 3.23. The lowest BCUT2D eigenvalue weighted by molar-refractivity contribution is -0.0511. The van der Waals surface area contributed by atoms with Crippen molar-refractivity contribution >= 4 is 28.6 Å². The zero-order valence-electron chi connectivity index (χ0n) is 14.9. The second kappa shape index (κ2) is 7.20. The third-order valence-electron chi connectivity index (χ3n) is 4.58. The number of rotatable bonds is 5. The average molecular weight is 388 g/mol. The van der Waals surface area contributed by atoms with Crippen LogP contribution < -0.4 is 15.8 Å². The third-order valence-corrected chi connectivity index (χ3v) is 4.58. The number of hydrogen-bond donors (Lipinski definition) is 5. The van der Waals surface area contributed by atoms with Crippen molar-refractivity contribution in [2.45, 2.75) is 24.5 Å². The summed E-state index contributed by atoms with van der Waals surface area (Å²) in [5.74, 6) is 1.08. The summed E-state index contributed by atoms with van der Waals surface area (Å²) in [7, 11) is 1.58. The summed E-state index contributed by atoms with van der Waals surface area (Å²) in [5.41, 5.74) is 7.31. The molecule has 0 bridgehead atoms. The molecule has 1 saturated heterocycles. The lowest BCUT2D eigenvalue weighted by atomic mass is 10.1. The van der Waals surface area contributed by atoms with E-state index in [1.54, 1.807) is 19.2 Å². The number of methoxy groups -OCH3 is 1. The Morgan fingerprint density at radius 1 is 1.21 bits per heavy atom. The maximum Gasteiger partial charge on any atom is 0.224 e. The molecule has 4 atom stereocenters. The normalized spacial score (nSPS) is 24.6. The molecule has 1 fully saturated rings. The maximum atomic E-state index is 10.3. The minimum absolute atomic E-state index is 0.00277. The second-order valence-corrected chi connectivity index (χ2v) is 6.34. The van der Waals surface area contributed by atoms with Crippen LogP contribution in [0.5, 0.6) is 5.75 Å². The molecule has 0 amide bonds. The number of hydrogen-bond acceptors (Lipinski definition) is 10. The number of nitrogens with two attached hydrogens (primary N) is 1. The van der Waals surface area contributed by atoms with E-state index in [9.17, 15) is 15.3 Å². The van der Waals surface area contributed by atoms with Crippen LogP contribution in [0.3, 0.4) is 0 Å². The van der Waals surface area contributed by atoms with Crippen molar-refractivity contribution in [2.75, 3.05) is 24.8 Å². The molecule has 0 aliphatic carbocycles. The van der Waals surface area contributed by atoms with Crippen LogP contribution in [0.15, 0.2) is 30.6 Å². The first kappa shape index (κ1) is 18.4. The third kappa shape index (κ3) is 3.10. The van der Waals surface area contributed by atoms with E-state index < -0.39 is 31.1 Å². The van der Waals surface area contributed by atoms with Crippen LogP contribution in [0, 0.1) is 0 Å². The SMILES string of the molecule is COc1ccc(Nc2nc(N)nc3c2ncn3[C@H]2O[C@@H](CO)[C@@H](O)[C@@H]2O)cc1. The molecule has 11 nitrogen and oxygen atoms in total. The molecule has 148 valence electrons. The standard InChI is InChI=1S/C17H20N6O5/c1-27-9-4-2-8(3-5-9)20-14-11-15(22-17(18)21-14)23(7-19-11)16-13(26)12(25)10(6-24)28-16/h2-5,7,10,12-13,16,24-26H,6H2,1H3,(H3,18,20,21,22)/t10-,12+,13-,16-/m0/s1. The minimum Gasteiger partial charge on any atom is -0.497 e. The number of ether oxygens (including phenoxy) is 2. The summed E-state index contributed by atoms with van der Waals surface area (Å²) in [5, 5.41) is 32.7. The van der Waals surface area contributed by atoms with Crippen molar-refractivity contribution < 1.29 is 24.8 Å². The van der Waals surface area contributed by atoms with Crippen LogP contribution in [0.25, 0.3) is 11.2 Å². The quantitative estimate of drug-likeness (QED) is 0.395. The number of benzene rings is 1. The molecule has 0 saturated carbocycles. The number of aliphatic hydroxyl groups excluding tert-OH is 3. The number of aromatic nitrogens is 4. The lowest BCUT2D eigenvalue weighted by Gasteiger charge is -2.16. The highest BCUT2D eigenvalue weighted by atomic mass is 16.6. The first-order valence-electron chi connectivity index (χ1n) is 8.55. The summed E-state index contributed by atoms with van der Waals surface area (Å²) in [4.78, 5) is 12.7. The van der Waals surface area contributed by atoms with Gasteiger partial charge in [-0.1, -0.05) is 0 Å². The van der Waals surface area contributed by atoms with Crippen molar-refractivity contribution in [3.63, 3.8) is 0 Å². The van der Waals surface area contributed by atoms with Gasteiger partial charge >= 0.3 is 0 Å². The Morgan fingerprint density at radius 3 is 2.61 bits per heavy atom. The Morgan fingerprint density at radius 2 is 1.96 bits per heavy atom.